The van der Waals surface area contributed by atoms with Gasteiger partial charge in [0, 0.05) is 28.6 Å². The minimum Gasteiger partial charge on any atom is -0.494 e. The van der Waals surface area contributed by atoms with Gasteiger partial charge in [-0.3, -0.25) is 9.59 Å². The number of H-pyrrole nitrogens is 1. The number of ether oxygens (including phenoxy) is 1. The maximum atomic E-state index is 12.7. The van der Waals surface area contributed by atoms with Crippen LogP contribution in [0.2, 0.25) is 0 Å². The third-order valence-electron chi connectivity index (χ3n) is 4.91. The molecular weight excluding hydrogens is 372 g/mol. The van der Waals surface area contributed by atoms with Crippen molar-refractivity contribution in [2.24, 2.45) is 5.41 Å². The van der Waals surface area contributed by atoms with Gasteiger partial charge in [0.2, 0.25) is 0 Å². The molecule has 1 aromatic carbocycles. The highest BCUT2D eigenvalue weighted by atomic mass is 32.1. The Morgan fingerprint density at radius 1 is 1.14 bits per heavy atom. The van der Waals surface area contributed by atoms with Crippen LogP contribution in [0.1, 0.15) is 43.2 Å². The van der Waals surface area contributed by atoms with Gasteiger partial charge in [0.25, 0.3) is 5.56 Å². The Kier molecular flexibility index (Phi) is 4.67. The molecular formula is C22H22N2O3S. The summed E-state index contributed by atoms with van der Waals surface area (Å²) in [6, 6.07) is 9.43. The van der Waals surface area contributed by atoms with Crippen LogP contribution >= 0.6 is 11.3 Å². The van der Waals surface area contributed by atoms with Crippen molar-refractivity contribution < 1.29 is 9.53 Å². The summed E-state index contributed by atoms with van der Waals surface area (Å²) in [4.78, 5) is 32.8. The van der Waals surface area contributed by atoms with Crippen LogP contribution < -0.4 is 10.3 Å². The zero-order valence-corrected chi connectivity index (χ0v) is 17.0. The molecule has 1 N–H and O–H groups in total. The zero-order chi connectivity index (χ0) is 19.9. The highest BCUT2D eigenvalue weighted by molar-refractivity contribution is 7.13. The average Bonchev–Trinajstić information content (AvgIpc) is 3.11. The molecule has 0 amide bonds. The van der Waals surface area contributed by atoms with E-state index in [1.807, 2.05) is 50.4 Å². The number of ketones is 1. The second-order valence-corrected chi connectivity index (χ2v) is 8.70. The molecule has 0 spiro atoms. The first-order chi connectivity index (χ1) is 13.4. The number of aromatic nitrogens is 2. The molecule has 0 unspecified atom stereocenters. The van der Waals surface area contributed by atoms with E-state index in [0.29, 0.717) is 35.6 Å². The number of rotatable bonds is 4. The average molecular weight is 394 g/mol. The number of hydrogen-bond donors (Lipinski definition) is 1. The Morgan fingerprint density at radius 2 is 1.89 bits per heavy atom. The maximum Gasteiger partial charge on any atom is 0.258 e. The Morgan fingerprint density at radius 3 is 2.61 bits per heavy atom. The van der Waals surface area contributed by atoms with Gasteiger partial charge in [0.15, 0.2) is 5.78 Å². The van der Waals surface area contributed by atoms with E-state index in [4.69, 9.17) is 4.74 Å². The molecule has 4 rings (SSSR count). The summed E-state index contributed by atoms with van der Waals surface area (Å²) in [6.07, 6.45) is 1.18. The fraction of sp³-hybridized carbons (Fsp3) is 0.318. The zero-order valence-electron chi connectivity index (χ0n) is 16.2. The molecule has 2 aromatic heterocycles. The van der Waals surface area contributed by atoms with E-state index in [9.17, 15) is 9.59 Å². The number of nitrogens with zero attached hydrogens (tertiary/aromatic N) is 1. The predicted octanol–water partition coefficient (Wildman–Crippen LogP) is 4.72. The summed E-state index contributed by atoms with van der Waals surface area (Å²) in [5, 5.41) is 2.54. The SMILES string of the molecule is CCOc1ccc(-c2csc(-c3cc4c([nH]c3=O)CC(C)(C)CC4=O)n2)cc1. The second kappa shape index (κ2) is 7.02. The predicted molar refractivity (Wildman–Crippen MR) is 111 cm³/mol. The molecule has 0 aliphatic heterocycles. The molecule has 3 aromatic rings. The van der Waals surface area contributed by atoms with Crippen molar-refractivity contribution >= 4 is 17.1 Å². The number of hydrogen-bond acceptors (Lipinski definition) is 5. The molecule has 0 fully saturated rings. The van der Waals surface area contributed by atoms with Crippen molar-refractivity contribution in [3.05, 3.63) is 57.3 Å². The highest BCUT2D eigenvalue weighted by Gasteiger charge is 2.32. The fourth-order valence-corrected chi connectivity index (χ4v) is 4.45. The van der Waals surface area contributed by atoms with Crippen molar-refractivity contribution in [2.45, 2.75) is 33.6 Å². The first kappa shape index (κ1) is 18.6. The number of aromatic amines is 1. The third kappa shape index (κ3) is 3.52. The van der Waals surface area contributed by atoms with E-state index in [0.717, 1.165) is 22.7 Å². The van der Waals surface area contributed by atoms with Crippen LogP contribution in [0.4, 0.5) is 0 Å². The number of carbonyl (C=O) groups excluding carboxylic acids is 1. The van der Waals surface area contributed by atoms with Crippen molar-refractivity contribution in [1.82, 2.24) is 9.97 Å². The molecule has 144 valence electrons. The van der Waals surface area contributed by atoms with Crippen LogP contribution in [0, 0.1) is 5.41 Å². The Bertz CT molecular complexity index is 1090. The first-order valence-electron chi connectivity index (χ1n) is 9.35. The minimum absolute atomic E-state index is 0.0760. The summed E-state index contributed by atoms with van der Waals surface area (Å²) in [5.74, 6) is 0.890. The maximum absolute atomic E-state index is 12.7. The number of carbonyl (C=O) groups is 1. The van der Waals surface area contributed by atoms with Crippen LogP contribution in [0.15, 0.2) is 40.5 Å². The number of thiazole rings is 1. The van der Waals surface area contributed by atoms with Gasteiger partial charge >= 0.3 is 0 Å². The Hall–Kier alpha value is -2.73. The number of pyridine rings is 1. The molecule has 0 bridgehead atoms. The van der Waals surface area contributed by atoms with Crippen LogP contribution in [-0.4, -0.2) is 22.4 Å². The third-order valence-corrected chi connectivity index (χ3v) is 5.79. The Balaban J connectivity index is 1.68. The molecule has 28 heavy (non-hydrogen) atoms. The number of benzene rings is 1. The largest absolute Gasteiger partial charge is 0.494 e. The monoisotopic (exact) mass is 394 g/mol. The smallest absolute Gasteiger partial charge is 0.258 e. The first-order valence-corrected chi connectivity index (χ1v) is 10.2. The van der Waals surface area contributed by atoms with Gasteiger partial charge < -0.3 is 9.72 Å². The second-order valence-electron chi connectivity index (χ2n) is 7.84. The van der Waals surface area contributed by atoms with Crippen LogP contribution in [-0.2, 0) is 6.42 Å². The minimum atomic E-state index is -0.197. The van der Waals surface area contributed by atoms with Gasteiger partial charge in [0.1, 0.15) is 10.8 Å². The lowest BCUT2D eigenvalue weighted by atomic mass is 9.75. The van der Waals surface area contributed by atoms with E-state index in [1.54, 1.807) is 6.07 Å². The van der Waals surface area contributed by atoms with E-state index in [2.05, 4.69) is 9.97 Å². The van der Waals surface area contributed by atoms with Gasteiger partial charge in [0.05, 0.1) is 17.9 Å². The Labute approximate surface area is 167 Å². The van der Waals surface area contributed by atoms with Crippen molar-refractivity contribution in [3.8, 4) is 27.6 Å². The van der Waals surface area contributed by atoms with E-state index >= 15 is 0 Å². The summed E-state index contributed by atoms with van der Waals surface area (Å²) in [6.45, 7) is 6.66. The molecule has 0 atom stereocenters. The van der Waals surface area contributed by atoms with Gasteiger partial charge in [-0.15, -0.1) is 11.3 Å². The molecule has 0 radical (unpaired) electrons. The normalized spacial score (nSPS) is 15.3. The van der Waals surface area contributed by atoms with Crippen LogP contribution in [0.25, 0.3) is 21.8 Å². The molecule has 1 aliphatic rings. The quantitative estimate of drug-likeness (QED) is 0.695. The topological polar surface area (TPSA) is 72.1 Å². The van der Waals surface area contributed by atoms with Crippen LogP contribution in [0.3, 0.4) is 0 Å². The number of Topliss-reactive ketones (excluding diaryl/α,β-unsaturated/α-hetero) is 1. The standard InChI is InChI=1S/C22H22N2O3S/c1-4-27-14-7-5-13(6-8-14)18-12-28-21(24-18)16-9-15-17(23-20(16)26)10-22(2,3)11-19(15)25/h5-9,12H,4,10-11H2,1-3H3,(H,23,26). The summed E-state index contributed by atoms with van der Waals surface area (Å²) < 4.78 is 5.47. The summed E-state index contributed by atoms with van der Waals surface area (Å²) in [5.41, 5.74) is 3.23. The number of fused-ring (bicyclic) bond motifs is 1. The lowest BCUT2D eigenvalue weighted by Gasteiger charge is -2.29. The van der Waals surface area contributed by atoms with Gasteiger partial charge in [-0.05, 0) is 49.1 Å². The number of nitrogens with one attached hydrogen (secondary N) is 1. The van der Waals surface area contributed by atoms with E-state index in [1.165, 1.54) is 11.3 Å². The fourth-order valence-electron chi connectivity index (χ4n) is 3.61. The lowest BCUT2D eigenvalue weighted by molar-refractivity contribution is 0.0910. The molecule has 5 nitrogen and oxygen atoms in total. The highest BCUT2D eigenvalue weighted by Crippen LogP contribution is 2.35. The molecule has 2 heterocycles. The molecule has 6 heteroatoms. The summed E-state index contributed by atoms with van der Waals surface area (Å²) in [7, 11) is 0. The van der Waals surface area contributed by atoms with Crippen LogP contribution in [0.5, 0.6) is 5.75 Å². The van der Waals surface area contributed by atoms with E-state index in [-0.39, 0.29) is 16.8 Å². The van der Waals surface area contributed by atoms with Crippen molar-refractivity contribution in [2.75, 3.05) is 6.61 Å². The van der Waals surface area contributed by atoms with Gasteiger partial charge in [-0.2, -0.15) is 0 Å². The van der Waals surface area contributed by atoms with E-state index < -0.39 is 0 Å². The summed E-state index contributed by atoms with van der Waals surface area (Å²) >= 11 is 1.40. The van der Waals surface area contributed by atoms with Crippen molar-refractivity contribution in [3.63, 3.8) is 0 Å². The molecule has 0 saturated carbocycles. The van der Waals surface area contributed by atoms with Gasteiger partial charge in [-0.1, -0.05) is 13.8 Å². The van der Waals surface area contributed by atoms with Crippen molar-refractivity contribution in [1.29, 1.82) is 0 Å². The molecule has 1 aliphatic carbocycles. The molecule has 0 saturated heterocycles. The lowest BCUT2D eigenvalue weighted by Crippen LogP contribution is -2.30. The van der Waals surface area contributed by atoms with Gasteiger partial charge in [-0.25, -0.2) is 4.98 Å².